The number of aliphatic hydroxyl groups excluding tert-OH is 1. The second-order valence-electron chi connectivity index (χ2n) is 5.85. The van der Waals surface area contributed by atoms with Gasteiger partial charge in [0.2, 0.25) is 5.88 Å². The van der Waals surface area contributed by atoms with Crippen LogP contribution >= 0.6 is 0 Å². The van der Waals surface area contributed by atoms with Crippen LogP contribution in [0, 0.1) is 17.6 Å². The smallest absolute Gasteiger partial charge is 0.267 e. The van der Waals surface area contributed by atoms with Gasteiger partial charge < -0.3 is 15.6 Å². The topological polar surface area (TPSA) is 85.4 Å². The summed E-state index contributed by atoms with van der Waals surface area (Å²) in [7, 11) is 0. The zero-order valence-corrected chi connectivity index (χ0v) is 12.9. The second-order valence-corrected chi connectivity index (χ2v) is 5.85. The minimum atomic E-state index is -0.788. The number of hydrogen-bond acceptors (Lipinski definition) is 4. The fourth-order valence-electron chi connectivity index (χ4n) is 2.85. The molecule has 0 fully saturated rings. The van der Waals surface area contributed by atoms with Gasteiger partial charge in [-0.3, -0.25) is 4.79 Å². The van der Waals surface area contributed by atoms with Crippen LogP contribution in [0.25, 0.3) is 11.1 Å². The molecule has 2 atom stereocenters. The summed E-state index contributed by atoms with van der Waals surface area (Å²) >= 11 is 0. The molecule has 3 N–H and O–H groups in total. The highest BCUT2D eigenvalue weighted by atomic mass is 19.1. The summed E-state index contributed by atoms with van der Waals surface area (Å²) < 4.78 is 33.1. The van der Waals surface area contributed by atoms with Crippen LogP contribution in [0.3, 0.4) is 0 Å². The van der Waals surface area contributed by atoms with Crippen LogP contribution in [0.1, 0.15) is 23.0 Å². The maximum Gasteiger partial charge on any atom is 0.267 e. The molecular weight excluding hydrogens is 318 g/mol. The van der Waals surface area contributed by atoms with E-state index in [4.69, 9.17) is 10.5 Å². The van der Waals surface area contributed by atoms with Crippen molar-refractivity contribution >= 4 is 5.91 Å². The Morgan fingerprint density at radius 3 is 2.75 bits per heavy atom. The van der Waals surface area contributed by atoms with E-state index in [9.17, 15) is 18.7 Å². The molecule has 1 aromatic carbocycles. The molecule has 0 aliphatic carbocycles. The molecule has 1 unspecified atom stereocenters. The Balaban J connectivity index is 2.21. The molecule has 0 bridgehead atoms. The average Bonchev–Trinajstić information content (AvgIpc) is 2.53. The fourth-order valence-corrected chi connectivity index (χ4v) is 2.85. The van der Waals surface area contributed by atoms with Gasteiger partial charge in [-0.2, -0.15) is 0 Å². The first kappa shape index (κ1) is 16.3. The van der Waals surface area contributed by atoms with E-state index in [-0.39, 0.29) is 29.7 Å². The number of carbonyl (C=O) groups is 1. The molecule has 1 aliphatic rings. The Labute approximate surface area is 137 Å². The highest BCUT2D eigenvalue weighted by Gasteiger charge is 2.31. The van der Waals surface area contributed by atoms with Crippen molar-refractivity contribution in [1.29, 1.82) is 0 Å². The van der Waals surface area contributed by atoms with Crippen molar-refractivity contribution in [2.75, 3.05) is 6.61 Å². The summed E-state index contributed by atoms with van der Waals surface area (Å²) in [6, 6.07) is 4.59. The summed E-state index contributed by atoms with van der Waals surface area (Å²) in [6.07, 6.45) is -0.00213. The predicted octanol–water partition coefficient (Wildman–Crippen LogP) is 2.06. The van der Waals surface area contributed by atoms with E-state index in [0.717, 1.165) is 12.1 Å². The van der Waals surface area contributed by atoms with Crippen LogP contribution < -0.4 is 10.5 Å². The number of pyridine rings is 1. The van der Waals surface area contributed by atoms with Crippen LogP contribution in [0.15, 0.2) is 24.3 Å². The van der Waals surface area contributed by atoms with Crippen molar-refractivity contribution in [2.45, 2.75) is 19.4 Å². The molecule has 24 heavy (non-hydrogen) atoms. The van der Waals surface area contributed by atoms with Gasteiger partial charge in [0, 0.05) is 17.2 Å². The van der Waals surface area contributed by atoms with E-state index in [0.29, 0.717) is 17.5 Å². The lowest BCUT2D eigenvalue weighted by atomic mass is 9.88. The van der Waals surface area contributed by atoms with Crippen molar-refractivity contribution < 1.29 is 23.4 Å². The standard InChI is InChI=1S/C17H16F2N2O3/c1-8-4-12-11(10-3-2-9(18)5-13(10)19)6-14(16(20)23)21-17(12)24-15(8)7-22/h2-3,5-6,8,15,22H,4,7H2,1H3,(H2,20,23)/t8?,15-/m1/s1. The minimum absolute atomic E-state index is 0.0361. The normalized spacial score (nSPS) is 19.5. The number of amides is 1. The van der Waals surface area contributed by atoms with E-state index in [1.165, 1.54) is 12.1 Å². The Kier molecular flexibility index (Phi) is 4.19. The lowest BCUT2D eigenvalue weighted by Gasteiger charge is -2.31. The zero-order chi connectivity index (χ0) is 17.4. The number of halogens is 2. The summed E-state index contributed by atoms with van der Waals surface area (Å²) in [5.74, 6) is -2.13. The van der Waals surface area contributed by atoms with Crippen molar-refractivity contribution in [3.63, 3.8) is 0 Å². The third-order valence-electron chi connectivity index (χ3n) is 4.16. The van der Waals surface area contributed by atoms with E-state index in [1.807, 2.05) is 6.92 Å². The molecule has 3 rings (SSSR count). The van der Waals surface area contributed by atoms with Gasteiger partial charge in [-0.25, -0.2) is 13.8 Å². The lowest BCUT2D eigenvalue weighted by molar-refractivity contribution is 0.0561. The number of nitrogens with zero attached hydrogens (tertiary/aromatic N) is 1. The van der Waals surface area contributed by atoms with Gasteiger partial charge in [-0.05, 0) is 36.1 Å². The minimum Gasteiger partial charge on any atom is -0.471 e. The number of carbonyl (C=O) groups excluding carboxylic acids is 1. The first-order valence-electron chi connectivity index (χ1n) is 7.47. The Morgan fingerprint density at radius 1 is 1.38 bits per heavy atom. The number of aromatic nitrogens is 1. The Bertz CT molecular complexity index is 811. The number of benzene rings is 1. The van der Waals surface area contributed by atoms with E-state index in [2.05, 4.69) is 4.98 Å². The van der Waals surface area contributed by atoms with Gasteiger partial charge in [0.1, 0.15) is 23.4 Å². The molecule has 0 saturated carbocycles. The highest BCUT2D eigenvalue weighted by molar-refractivity contribution is 5.93. The SMILES string of the molecule is CC1Cc2c(-c3ccc(F)cc3F)cc(C(N)=O)nc2O[C@@H]1CO. The van der Waals surface area contributed by atoms with E-state index >= 15 is 0 Å². The number of primary amides is 1. The van der Waals surface area contributed by atoms with Crippen LogP contribution in [-0.2, 0) is 6.42 Å². The number of ether oxygens (including phenoxy) is 1. The molecule has 0 saturated heterocycles. The third-order valence-corrected chi connectivity index (χ3v) is 4.16. The van der Waals surface area contributed by atoms with Gasteiger partial charge in [-0.1, -0.05) is 6.92 Å². The summed E-state index contributed by atoms with van der Waals surface area (Å²) in [4.78, 5) is 15.6. The molecule has 1 aliphatic heterocycles. The molecule has 5 nitrogen and oxygen atoms in total. The Hall–Kier alpha value is -2.54. The molecule has 0 spiro atoms. The largest absolute Gasteiger partial charge is 0.471 e. The lowest BCUT2D eigenvalue weighted by Crippen LogP contribution is -2.35. The molecule has 126 valence electrons. The van der Waals surface area contributed by atoms with Crippen LogP contribution in [0.4, 0.5) is 8.78 Å². The number of aliphatic hydroxyl groups is 1. The average molecular weight is 334 g/mol. The first-order chi connectivity index (χ1) is 11.4. The summed E-state index contributed by atoms with van der Waals surface area (Å²) in [5.41, 5.74) is 6.32. The Morgan fingerprint density at radius 2 is 2.12 bits per heavy atom. The van der Waals surface area contributed by atoms with E-state index < -0.39 is 23.6 Å². The van der Waals surface area contributed by atoms with Crippen LogP contribution in [-0.4, -0.2) is 28.7 Å². The fraction of sp³-hybridized carbons (Fsp3) is 0.294. The molecular formula is C17H16F2N2O3. The van der Waals surface area contributed by atoms with Gasteiger partial charge in [0.05, 0.1) is 6.61 Å². The zero-order valence-electron chi connectivity index (χ0n) is 12.9. The number of nitrogens with two attached hydrogens (primary N) is 1. The molecule has 2 aromatic rings. The predicted molar refractivity (Wildman–Crippen MR) is 82.5 cm³/mol. The maximum atomic E-state index is 14.2. The van der Waals surface area contributed by atoms with Crippen molar-refractivity contribution in [2.24, 2.45) is 11.7 Å². The maximum absolute atomic E-state index is 14.2. The first-order valence-corrected chi connectivity index (χ1v) is 7.47. The number of rotatable bonds is 3. The molecule has 7 heteroatoms. The van der Waals surface area contributed by atoms with Crippen molar-refractivity contribution in [3.05, 3.63) is 47.2 Å². The third kappa shape index (κ3) is 2.82. The van der Waals surface area contributed by atoms with E-state index in [1.54, 1.807) is 0 Å². The molecule has 0 radical (unpaired) electrons. The van der Waals surface area contributed by atoms with Gasteiger partial charge in [-0.15, -0.1) is 0 Å². The highest BCUT2D eigenvalue weighted by Crippen LogP contribution is 2.38. The molecule has 2 heterocycles. The van der Waals surface area contributed by atoms with Gasteiger partial charge >= 0.3 is 0 Å². The molecule has 1 aromatic heterocycles. The number of hydrogen-bond donors (Lipinski definition) is 2. The number of fused-ring (bicyclic) bond motifs is 1. The van der Waals surface area contributed by atoms with Gasteiger partial charge in [0.15, 0.2) is 0 Å². The molecule has 1 amide bonds. The van der Waals surface area contributed by atoms with Crippen LogP contribution in [0.2, 0.25) is 0 Å². The van der Waals surface area contributed by atoms with Gasteiger partial charge in [0.25, 0.3) is 5.91 Å². The second kappa shape index (κ2) is 6.16. The van der Waals surface area contributed by atoms with Crippen molar-refractivity contribution in [1.82, 2.24) is 4.98 Å². The monoisotopic (exact) mass is 334 g/mol. The summed E-state index contributed by atoms with van der Waals surface area (Å²) in [6.45, 7) is 1.68. The summed E-state index contributed by atoms with van der Waals surface area (Å²) in [5, 5.41) is 9.38. The van der Waals surface area contributed by atoms with Crippen LogP contribution in [0.5, 0.6) is 5.88 Å². The quantitative estimate of drug-likeness (QED) is 0.900. The van der Waals surface area contributed by atoms with Crippen molar-refractivity contribution in [3.8, 4) is 17.0 Å².